The molecule has 2 rings (SSSR count). The van der Waals surface area contributed by atoms with E-state index in [0.717, 1.165) is 15.8 Å². The van der Waals surface area contributed by atoms with Crippen molar-refractivity contribution in [2.75, 3.05) is 12.3 Å². The lowest BCUT2D eigenvalue weighted by Gasteiger charge is -2.36. The van der Waals surface area contributed by atoms with E-state index in [4.69, 9.17) is 5.73 Å². The van der Waals surface area contributed by atoms with E-state index in [1.54, 1.807) is 16.7 Å². The molecule has 0 aromatic heterocycles. The number of carbonyl (C=O) groups is 2. The molecule has 0 unspecified atom stereocenters. The number of thioether (sulfide) groups is 1. The van der Waals surface area contributed by atoms with E-state index in [0.29, 0.717) is 31.1 Å². The first-order valence-electron chi connectivity index (χ1n) is 7.45. The van der Waals surface area contributed by atoms with Gasteiger partial charge < -0.3 is 10.6 Å². The van der Waals surface area contributed by atoms with Crippen LogP contribution in [-0.4, -0.2) is 35.1 Å². The summed E-state index contributed by atoms with van der Waals surface area (Å²) in [7, 11) is 0. The summed E-state index contributed by atoms with van der Waals surface area (Å²) < 4.78 is 1.04. The molecule has 1 heterocycles. The Labute approximate surface area is 143 Å². The van der Waals surface area contributed by atoms with Crippen molar-refractivity contribution in [2.24, 2.45) is 11.7 Å². The van der Waals surface area contributed by atoms with Gasteiger partial charge in [0.15, 0.2) is 0 Å². The number of primary amides is 1. The molecule has 2 atom stereocenters. The molecule has 22 heavy (non-hydrogen) atoms. The second-order valence-corrected chi connectivity index (χ2v) is 7.65. The Morgan fingerprint density at radius 3 is 2.82 bits per heavy atom. The Balaban J connectivity index is 1.88. The van der Waals surface area contributed by atoms with Crippen molar-refractivity contribution in [1.29, 1.82) is 0 Å². The lowest BCUT2D eigenvalue weighted by Crippen LogP contribution is -2.52. The van der Waals surface area contributed by atoms with Crippen molar-refractivity contribution in [3.63, 3.8) is 0 Å². The smallest absolute Gasteiger partial charge is 0.240 e. The maximum absolute atomic E-state index is 12.4. The van der Waals surface area contributed by atoms with E-state index in [1.807, 2.05) is 24.3 Å². The number of halogens is 1. The monoisotopic (exact) mass is 384 g/mol. The van der Waals surface area contributed by atoms with E-state index in [-0.39, 0.29) is 5.91 Å². The zero-order valence-corrected chi connectivity index (χ0v) is 15.0. The molecule has 0 aliphatic carbocycles. The molecule has 1 aliphatic heterocycles. The molecule has 0 radical (unpaired) electrons. The third-order valence-electron chi connectivity index (χ3n) is 3.92. The molecule has 0 saturated carbocycles. The van der Waals surface area contributed by atoms with Crippen molar-refractivity contribution < 1.29 is 9.59 Å². The predicted octanol–water partition coefficient (Wildman–Crippen LogP) is 3.04. The Hall–Kier alpha value is -1.01. The van der Waals surface area contributed by atoms with Crippen LogP contribution in [0.3, 0.4) is 0 Å². The van der Waals surface area contributed by atoms with Crippen molar-refractivity contribution >= 4 is 39.5 Å². The van der Waals surface area contributed by atoms with Crippen molar-refractivity contribution in [2.45, 2.75) is 37.1 Å². The number of benzene rings is 1. The van der Waals surface area contributed by atoms with Gasteiger partial charge in [0.2, 0.25) is 11.8 Å². The zero-order chi connectivity index (χ0) is 16.1. The lowest BCUT2D eigenvalue weighted by atomic mass is 9.92. The van der Waals surface area contributed by atoms with Gasteiger partial charge in [0.1, 0.15) is 6.04 Å². The SMILES string of the molecule is C[C@H]1CCN(C(=O)CCSc2ccccc2Br)[C@@H](C(N)=O)C1. The molecule has 120 valence electrons. The fraction of sp³-hybridized carbons (Fsp3) is 0.500. The molecule has 1 aliphatic rings. The fourth-order valence-electron chi connectivity index (χ4n) is 2.66. The molecule has 0 spiro atoms. The first-order chi connectivity index (χ1) is 10.5. The minimum absolute atomic E-state index is 0.0234. The summed E-state index contributed by atoms with van der Waals surface area (Å²) >= 11 is 5.14. The molecule has 1 saturated heterocycles. The molecular weight excluding hydrogens is 364 g/mol. The van der Waals surface area contributed by atoms with Crippen LogP contribution in [0.15, 0.2) is 33.6 Å². The highest BCUT2D eigenvalue weighted by Gasteiger charge is 2.33. The summed E-state index contributed by atoms with van der Waals surface area (Å²) in [6.07, 6.45) is 2.04. The van der Waals surface area contributed by atoms with Crippen LogP contribution in [0.4, 0.5) is 0 Å². The third kappa shape index (κ3) is 4.49. The van der Waals surface area contributed by atoms with E-state index in [9.17, 15) is 9.59 Å². The van der Waals surface area contributed by atoms with Gasteiger partial charge in [-0.2, -0.15) is 0 Å². The van der Waals surface area contributed by atoms with Crippen LogP contribution in [0.1, 0.15) is 26.2 Å². The van der Waals surface area contributed by atoms with Gasteiger partial charge in [-0.1, -0.05) is 19.1 Å². The van der Waals surface area contributed by atoms with Gasteiger partial charge in [0.05, 0.1) is 0 Å². The number of carbonyl (C=O) groups excluding carboxylic acids is 2. The van der Waals surface area contributed by atoms with Crippen molar-refractivity contribution in [3.8, 4) is 0 Å². The Morgan fingerprint density at radius 2 is 2.14 bits per heavy atom. The first kappa shape index (κ1) is 17.3. The average Bonchev–Trinajstić information content (AvgIpc) is 2.49. The van der Waals surface area contributed by atoms with E-state index in [2.05, 4.69) is 22.9 Å². The third-order valence-corrected chi connectivity index (χ3v) is 5.95. The second kappa shape index (κ2) is 8.02. The van der Waals surface area contributed by atoms with Gasteiger partial charge in [-0.15, -0.1) is 11.8 Å². The second-order valence-electron chi connectivity index (χ2n) is 5.66. The molecule has 6 heteroatoms. The Morgan fingerprint density at radius 1 is 1.41 bits per heavy atom. The number of rotatable bonds is 5. The van der Waals surface area contributed by atoms with Crippen LogP contribution in [0.5, 0.6) is 0 Å². The van der Waals surface area contributed by atoms with Crippen LogP contribution in [-0.2, 0) is 9.59 Å². The minimum atomic E-state index is -0.440. The summed E-state index contributed by atoms with van der Waals surface area (Å²) in [6.45, 7) is 2.73. The molecule has 4 nitrogen and oxygen atoms in total. The summed E-state index contributed by atoms with van der Waals surface area (Å²) in [5.41, 5.74) is 5.45. The number of nitrogens with zero attached hydrogens (tertiary/aromatic N) is 1. The number of amides is 2. The molecule has 2 N–H and O–H groups in total. The lowest BCUT2D eigenvalue weighted by molar-refractivity contribution is -0.141. The number of hydrogen-bond donors (Lipinski definition) is 1. The molecule has 1 fully saturated rings. The van der Waals surface area contributed by atoms with Gasteiger partial charge in [-0.25, -0.2) is 0 Å². The van der Waals surface area contributed by atoms with E-state index in [1.165, 1.54) is 0 Å². The van der Waals surface area contributed by atoms with Gasteiger partial charge >= 0.3 is 0 Å². The van der Waals surface area contributed by atoms with E-state index < -0.39 is 11.9 Å². The van der Waals surface area contributed by atoms with Crippen LogP contribution >= 0.6 is 27.7 Å². The fourth-order valence-corrected chi connectivity index (χ4v) is 4.17. The van der Waals surface area contributed by atoms with Crippen LogP contribution < -0.4 is 5.73 Å². The highest BCUT2D eigenvalue weighted by Crippen LogP contribution is 2.28. The Kier molecular flexibility index (Phi) is 6.32. The summed E-state index contributed by atoms with van der Waals surface area (Å²) in [5, 5.41) is 0. The standard InChI is InChI=1S/C16H21BrN2O2S/c1-11-6-8-19(13(10-11)16(18)21)15(20)7-9-22-14-5-3-2-4-12(14)17/h2-5,11,13H,6-10H2,1H3,(H2,18,21)/t11-,13+/m0/s1. The normalized spacial score (nSPS) is 21.6. The molecule has 2 amide bonds. The van der Waals surface area contributed by atoms with E-state index >= 15 is 0 Å². The average molecular weight is 385 g/mol. The predicted molar refractivity (Wildman–Crippen MR) is 92.6 cm³/mol. The van der Waals surface area contributed by atoms with Gasteiger partial charge in [-0.05, 0) is 46.8 Å². The number of hydrogen-bond acceptors (Lipinski definition) is 3. The van der Waals surface area contributed by atoms with Gasteiger partial charge in [-0.3, -0.25) is 9.59 Å². The van der Waals surface area contributed by atoms with Crippen LogP contribution in [0.25, 0.3) is 0 Å². The Bertz CT molecular complexity index is 553. The number of nitrogens with two attached hydrogens (primary N) is 1. The largest absolute Gasteiger partial charge is 0.368 e. The van der Waals surface area contributed by atoms with Gasteiger partial charge in [0.25, 0.3) is 0 Å². The first-order valence-corrected chi connectivity index (χ1v) is 9.23. The minimum Gasteiger partial charge on any atom is -0.368 e. The number of likely N-dealkylation sites (tertiary alicyclic amines) is 1. The summed E-state index contributed by atoms with van der Waals surface area (Å²) in [4.78, 5) is 26.7. The topological polar surface area (TPSA) is 63.4 Å². The zero-order valence-electron chi connectivity index (χ0n) is 12.6. The summed E-state index contributed by atoms with van der Waals surface area (Å²) in [5.74, 6) is 0.767. The van der Waals surface area contributed by atoms with Crippen molar-refractivity contribution in [1.82, 2.24) is 4.90 Å². The van der Waals surface area contributed by atoms with Crippen molar-refractivity contribution in [3.05, 3.63) is 28.7 Å². The molecular formula is C16H21BrN2O2S. The maximum atomic E-state index is 12.4. The van der Waals surface area contributed by atoms with Gasteiger partial charge in [0, 0.05) is 28.1 Å². The maximum Gasteiger partial charge on any atom is 0.240 e. The van der Waals surface area contributed by atoms with Crippen LogP contribution in [0, 0.1) is 5.92 Å². The summed E-state index contributed by atoms with van der Waals surface area (Å²) in [6, 6.07) is 7.51. The molecule has 1 aromatic carbocycles. The number of piperidine rings is 1. The quantitative estimate of drug-likeness (QED) is 0.793. The highest BCUT2D eigenvalue weighted by molar-refractivity contribution is 9.10. The van der Waals surface area contributed by atoms with Crippen LogP contribution in [0.2, 0.25) is 0 Å². The molecule has 0 bridgehead atoms. The highest BCUT2D eigenvalue weighted by atomic mass is 79.9. The molecule has 1 aromatic rings.